The summed E-state index contributed by atoms with van der Waals surface area (Å²) in [7, 11) is 0. The summed E-state index contributed by atoms with van der Waals surface area (Å²) in [4.78, 5) is 38.9. The highest BCUT2D eigenvalue weighted by Gasteiger charge is 2.27. The van der Waals surface area contributed by atoms with Crippen molar-refractivity contribution in [3.8, 4) is 0 Å². The number of nitrogens with zero attached hydrogens (tertiary/aromatic N) is 2. The fourth-order valence-electron chi connectivity index (χ4n) is 2.14. The Balaban J connectivity index is 2.51. The summed E-state index contributed by atoms with van der Waals surface area (Å²) < 4.78 is 0. The quantitative estimate of drug-likeness (QED) is 0.635. The van der Waals surface area contributed by atoms with E-state index in [-0.39, 0.29) is 5.91 Å². The SMILES string of the molecule is CCN(CC)C(=O)C(C)NC(=O)C(=O)N1CCNCC1. The van der Waals surface area contributed by atoms with Gasteiger partial charge in [0.25, 0.3) is 0 Å². The first-order valence-corrected chi connectivity index (χ1v) is 7.10. The highest BCUT2D eigenvalue weighted by Crippen LogP contribution is 1.97. The lowest BCUT2D eigenvalue weighted by atomic mass is 10.2. The molecule has 1 unspecified atom stereocenters. The summed E-state index contributed by atoms with van der Waals surface area (Å²) in [6, 6.07) is -0.686. The van der Waals surface area contributed by atoms with E-state index in [2.05, 4.69) is 10.6 Å². The van der Waals surface area contributed by atoms with E-state index < -0.39 is 17.9 Å². The summed E-state index contributed by atoms with van der Waals surface area (Å²) in [5.41, 5.74) is 0. The van der Waals surface area contributed by atoms with Gasteiger partial charge in [-0.15, -0.1) is 0 Å². The second-order valence-electron chi connectivity index (χ2n) is 4.75. The molecule has 7 nitrogen and oxygen atoms in total. The molecule has 20 heavy (non-hydrogen) atoms. The summed E-state index contributed by atoms with van der Waals surface area (Å²) >= 11 is 0. The van der Waals surface area contributed by atoms with Crippen molar-refractivity contribution in [2.75, 3.05) is 39.3 Å². The predicted octanol–water partition coefficient (Wildman–Crippen LogP) is -1.21. The van der Waals surface area contributed by atoms with Gasteiger partial charge in [-0.05, 0) is 20.8 Å². The topological polar surface area (TPSA) is 81.8 Å². The Labute approximate surface area is 119 Å². The second-order valence-corrected chi connectivity index (χ2v) is 4.75. The first kappa shape index (κ1) is 16.4. The van der Waals surface area contributed by atoms with Crippen molar-refractivity contribution in [2.24, 2.45) is 0 Å². The maximum absolute atomic E-state index is 12.0. The third kappa shape index (κ3) is 4.19. The van der Waals surface area contributed by atoms with Crippen molar-refractivity contribution in [3.63, 3.8) is 0 Å². The molecular weight excluding hydrogens is 260 g/mol. The molecule has 1 rings (SSSR count). The van der Waals surface area contributed by atoms with Crippen molar-refractivity contribution >= 4 is 17.7 Å². The van der Waals surface area contributed by atoms with Crippen LogP contribution in [0.4, 0.5) is 0 Å². The Morgan fingerprint density at radius 1 is 1.20 bits per heavy atom. The highest BCUT2D eigenvalue weighted by molar-refractivity contribution is 6.35. The summed E-state index contributed by atoms with van der Waals surface area (Å²) in [6.45, 7) is 8.94. The van der Waals surface area contributed by atoms with Gasteiger partial charge < -0.3 is 20.4 Å². The third-order valence-corrected chi connectivity index (χ3v) is 3.39. The van der Waals surface area contributed by atoms with Crippen LogP contribution in [0.5, 0.6) is 0 Å². The minimum absolute atomic E-state index is 0.170. The zero-order valence-electron chi connectivity index (χ0n) is 12.4. The van der Waals surface area contributed by atoms with Crippen LogP contribution in [0.25, 0.3) is 0 Å². The lowest BCUT2D eigenvalue weighted by Gasteiger charge is -2.28. The molecule has 0 aliphatic carbocycles. The van der Waals surface area contributed by atoms with Crippen molar-refractivity contribution in [1.82, 2.24) is 20.4 Å². The van der Waals surface area contributed by atoms with Gasteiger partial charge in [0.1, 0.15) is 6.04 Å². The standard InChI is InChI=1S/C13H24N4O3/c1-4-16(5-2)12(19)10(3)15-11(18)13(20)17-8-6-14-7-9-17/h10,14H,4-9H2,1-3H3,(H,15,18). The molecule has 0 aromatic carbocycles. The molecule has 1 aliphatic heterocycles. The summed E-state index contributed by atoms with van der Waals surface area (Å²) in [5.74, 6) is -1.44. The fourth-order valence-corrected chi connectivity index (χ4v) is 2.14. The van der Waals surface area contributed by atoms with E-state index >= 15 is 0 Å². The zero-order valence-corrected chi connectivity index (χ0v) is 12.4. The number of piperazine rings is 1. The molecule has 0 bridgehead atoms. The molecule has 2 N–H and O–H groups in total. The van der Waals surface area contributed by atoms with Crippen LogP contribution < -0.4 is 10.6 Å². The Morgan fingerprint density at radius 2 is 1.75 bits per heavy atom. The van der Waals surface area contributed by atoms with Gasteiger partial charge in [0, 0.05) is 39.3 Å². The van der Waals surface area contributed by atoms with Crippen molar-refractivity contribution < 1.29 is 14.4 Å². The fraction of sp³-hybridized carbons (Fsp3) is 0.769. The average molecular weight is 284 g/mol. The van der Waals surface area contributed by atoms with Crippen LogP contribution in [0.1, 0.15) is 20.8 Å². The van der Waals surface area contributed by atoms with E-state index in [9.17, 15) is 14.4 Å². The maximum Gasteiger partial charge on any atom is 0.311 e. The third-order valence-electron chi connectivity index (χ3n) is 3.39. The molecule has 1 fully saturated rings. The van der Waals surface area contributed by atoms with Crippen LogP contribution in [0.3, 0.4) is 0 Å². The van der Waals surface area contributed by atoms with E-state index in [1.165, 1.54) is 4.90 Å². The Bertz CT molecular complexity index is 363. The highest BCUT2D eigenvalue weighted by atomic mass is 16.2. The predicted molar refractivity (Wildman–Crippen MR) is 75.0 cm³/mol. The van der Waals surface area contributed by atoms with Gasteiger partial charge in [-0.2, -0.15) is 0 Å². The number of carbonyl (C=O) groups is 3. The first-order chi connectivity index (χ1) is 9.51. The molecule has 1 heterocycles. The van der Waals surface area contributed by atoms with E-state index in [4.69, 9.17) is 0 Å². The van der Waals surface area contributed by atoms with E-state index in [0.717, 1.165) is 0 Å². The van der Waals surface area contributed by atoms with Gasteiger partial charge in [0.15, 0.2) is 0 Å². The van der Waals surface area contributed by atoms with Crippen LogP contribution in [0.15, 0.2) is 0 Å². The minimum atomic E-state index is -0.708. The Morgan fingerprint density at radius 3 is 2.25 bits per heavy atom. The van der Waals surface area contributed by atoms with Crippen LogP contribution in [-0.2, 0) is 14.4 Å². The zero-order chi connectivity index (χ0) is 15.1. The number of hydrogen-bond acceptors (Lipinski definition) is 4. The molecule has 0 saturated carbocycles. The Kier molecular flexibility index (Phi) is 6.44. The molecular formula is C13H24N4O3. The van der Waals surface area contributed by atoms with Crippen molar-refractivity contribution in [2.45, 2.75) is 26.8 Å². The number of amides is 3. The molecule has 0 aromatic heterocycles. The van der Waals surface area contributed by atoms with Gasteiger partial charge in [-0.1, -0.05) is 0 Å². The molecule has 114 valence electrons. The van der Waals surface area contributed by atoms with Crippen LogP contribution in [0, 0.1) is 0 Å². The summed E-state index contributed by atoms with van der Waals surface area (Å²) in [5, 5.41) is 5.60. The first-order valence-electron chi connectivity index (χ1n) is 7.10. The lowest BCUT2D eigenvalue weighted by molar-refractivity contribution is -0.147. The minimum Gasteiger partial charge on any atom is -0.341 e. The summed E-state index contributed by atoms with van der Waals surface area (Å²) in [6.07, 6.45) is 0. The number of carbonyl (C=O) groups excluding carboxylic acids is 3. The molecule has 1 atom stereocenters. The maximum atomic E-state index is 12.0. The monoisotopic (exact) mass is 284 g/mol. The smallest absolute Gasteiger partial charge is 0.311 e. The normalized spacial score (nSPS) is 16.4. The number of rotatable bonds is 4. The van der Waals surface area contributed by atoms with E-state index in [0.29, 0.717) is 39.3 Å². The molecule has 0 aromatic rings. The lowest BCUT2D eigenvalue weighted by Crippen LogP contribution is -2.54. The number of likely N-dealkylation sites (N-methyl/N-ethyl adjacent to an activating group) is 1. The van der Waals surface area contributed by atoms with Gasteiger partial charge in [-0.3, -0.25) is 14.4 Å². The largest absolute Gasteiger partial charge is 0.341 e. The van der Waals surface area contributed by atoms with Gasteiger partial charge in [0.2, 0.25) is 5.91 Å². The molecule has 3 amide bonds. The van der Waals surface area contributed by atoms with Crippen LogP contribution in [0.2, 0.25) is 0 Å². The van der Waals surface area contributed by atoms with Gasteiger partial charge >= 0.3 is 11.8 Å². The van der Waals surface area contributed by atoms with E-state index in [1.807, 2.05) is 13.8 Å². The van der Waals surface area contributed by atoms with Gasteiger partial charge in [0.05, 0.1) is 0 Å². The molecule has 7 heteroatoms. The average Bonchev–Trinajstić information content (AvgIpc) is 2.48. The van der Waals surface area contributed by atoms with Crippen LogP contribution in [-0.4, -0.2) is 72.8 Å². The van der Waals surface area contributed by atoms with Crippen molar-refractivity contribution in [3.05, 3.63) is 0 Å². The molecule has 1 saturated heterocycles. The number of nitrogens with one attached hydrogen (secondary N) is 2. The molecule has 0 radical (unpaired) electrons. The van der Waals surface area contributed by atoms with Crippen LogP contribution >= 0.6 is 0 Å². The van der Waals surface area contributed by atoms with Gasteiger partial charge in [-0.25, -0.2) is 0 Å². The Hall–Kier alpha value is -1.63. The molecule has 1 aliphatic rings. The number of hydrogen-bond donors (Lipinski definition) is 2. The molecule has 0 spiro atoms. The van der Waals surface area contributed by atoms with Crippen molar-refractivity contribution in [1.29, 1.82) is 0 Å². The second kappa shape index (κ2) is 7.84. The van der Waals surface area contributed by atoms with E-state index in [1.54, 1.807) is 11.8 Å².